The van der Waals surface area contributed by atoms with Gasteiger partial charge in [-0.05, 0) is 48.5 Å². The zero-order chi connectivity index (χ0) is 18.0. The summed E-state index contributed by atoms with van der Waals surface area (Å²) in [6.07, 6.45) is 0. The lowest BCUT2D eigenvalue weighted by atomic mass is 10.1. The fraction of sp³-hybridized carbons (Fsp3) is 0. The predicted octanol–water partition coefficient (Wildman–Crippen LogP) is 6.56. The molecule has 0 bridgehead atoms. The zero-order valence-corrected chi connectivity index (χ0v) is 14.4. The van der Waals surface area contributed by atoms with Crippen LogP contribution in [0.25, 0.3) is 49.3 Å². The predicted molar refractivity (Wildman–Crippen MR) is 110 cm³/mol. The summed E-state index contributed by atoms with van der Waals surface area (Å²) < 4.78 is 15.7. The number of halogens is 1. The maximum atomic E-state index is 13.5. The highest BCUT2D eigenvalue weighted by molar-refractivity contribution is 6.18. The molecule has 1 N–H and O–H groups in total. The Hall–Kier alpha value is -3.59. The number of rotatable bonds is 1. The second kappa shape index (κ2) is 5.21. The molecule has 0 saturated carbocycles. The van der Waals surface area contributed by atoms with Gasteiger partial charge in [-0.2, -0.15) is 0 Å². The van der Waals surface area contributed by atoms with Crippen LogP contribution in [0.1, 0.15) is 0 Å². The molecule has 0 aliphatic rings. The van der Waals surface area contributed by atoms with Gasteiger partial charge in [0.15, 0.2) is 0 Å². The molecule has 0 fully saturated rings. The van der Waals surface area contributed by atoms with Crippen molar-refractivity contribution < 1.29 is 4.39 Å². The molecule has 3 heteroatoms. The quantitative estimate of drug-likeness (QED) is 0.347. The first-order valence-corrected chi connectivity index (χ1v) is 8.99. The van der Waals surface area contributed by atoms with Crippen molar-refractivity contribution in [2.45, 2.75) is 0 Å². The van der Waals surface area contributed by atoms with E-state index in [0.29, 0.717) is 0 Å². The van der Waals surface area contributed by atoms with E-state index < -0.39 is 0 Å². The summed E-state index contributed by atoms with van der Waals surface area (Å²) in [5.41, 5.74) is 5.43. The minimum absolute atomic E-state index is 0.225. The van der Waals surface area contributed by atoms with Crippen molar-refractivity contribution in [3.63, 3.8) is 0 Å². The second-order valence-corrected chi connectivity index (χ2v) is 6.91. The molecule has 0 radical (unpaired) electrons. The van der Waals surface area contributed by atoms with Crippen LogP contribution >= 0.6 is 0 Å². The van der Waals surface area contributed by atoms with Crippen LogP contribution in [0.2, 0.25) is 0 Å². The van der Waals surface area contributed by atoms with E-state index in [2.05, 4.69) is 58.1 Å². The Morgan fingerprint density at radius 2 is 1.33 bits per heavy atom. The van der Waals surface area contributed by atoms with Crippen LogP contribution in [-0.2, 0) is 0 Å². The largest absolute Gasteiger partial charge is 0.354 e. The Bertz CT molecular complexity index is 1470. The highest BCUT2D eigenvalue weighted by atomic mass is 19.1. The third-order valence-electron chi connectivity index (χ3n) is 5.38. The lowest BCUT2D eigenvalue weighted by molar-refractivity contribution is 0.627. The first-order chi connectivity index (χ1) is 13.3. The number of aromatic nitrogens is 2. The number of H-pyrrole nitrogens is 1. The maximum absolute atomic E-state index is 13.5. The summed E-state index contributed by atoms with van der Waals surface area (Å²) in [5.74, 6) is -0.225. The van der Waals surface area contributed by atoms with Crippen LogP contribution in [0, 0.1) is 5.82 Å². The van der Waals surface area contributed by atoms with E-state index in [0.717, 1.165) is 27.8 Å². The Morgan fingerprint density at radius 3 is 2.19 bits per heavy atom. The van der Waals surface area contributed by atoms with Crippen molar-refractivity contribution in [1.29, 1.82) is 0 Å². The Balaban J connectivity index is 1.81. The molecule has 2 aromatic heterocycles. The first kappa shape index (κ1) is 14.6. The fourth-order valence-electron chi connectivity index (χ4n) is 4.18. The van der Waals surface area contributed by atoms with Crippen LogP contribution in [-0.4, -0.2) is 9.55 Å². The van der Waals surface area contributed by atoms with Crippen molar-refractivity contribution in [2.75, 3.05) is 0 Å². The first-order valence-electron chi connectivity index (χ1n) is 8.99. The van der Waals surface area contributed by atoms with Gasteiger partial charge in [-0.3, -0.25) is 0 Å². The van der Waals surface area contributed by atoms with Crippen LogP contribution in [0.15, 0.2) is 84.9 Å². The van der Waals surface area contributed by atoms with Gasteiger partial charge in [0.05, 0.1) is 11.0 Å². The Labute approximate surface area is 154 Å². The SMILES string of the molecule is Fc1ccc(-n2c3ccccc3c3cc4c(cc32)[nH]c2ccccc24)cc1. The number of para-hydroxylation sites is 2. The molecule has 0 unspecified atom stereocenters. The lowest BCUT2D eigenvalue weighted by Gasteiger charge is -2.07. The van der Waals surface area contributed by atoms with Crippen molar-refractivity contribution in [1.82, 2.24) is 9.55 Å². The smallest absolute Gasteiger partial charge is 0.123 e. The molecule has 0 spiro atoms. The average Bonchev–Trinajstić information content (AvgIpc) is 3.22. The molecule has 2 heterocycles. The van der Waals surface area contributed by atoms with Gasteiger partial charge in [0, 0.05) is 38.3 Å². The van der Waals surface area contributed by atoms with Crippen molar-refractivity contribution in [3.05, 3.63) is 90.7 Å². The topological polar surface area (TPSA) is 20.7 Å². The van der Waals surface area contributed by atoms with E-state index in [1.807, 2.05) is 24.3 Å². The summed E-state index contributed by atoms with van der Waals surface area (Å²) in [6, 6.07) is 27.9. The van der Waals surface area contributed by atoms with E-state index in [-0.39, 0.29) is 5.82 Å². The number of nitrogens with zero attached hydrogens (tertiary/aromatic N) is 1. The number of fused-ring (bicyclic) bond motifs is 6. The minimum Gasteiger partial charge on any atom is -0.354 e. The van der Waals surface area contributed by atoms with Crippen molar-refractivity contribution in [3.8, 4) is 5.69 Å². The molecule has 0 aliphatic carbocycles. The van der Waals surface area contributed by atoms with Crippen LogP contribution in [0.3, 0.4) is 0 Å². The van der Waals surface area contributed by atoms with Crippen LogP contribution < -0.4 is 0 Å². The van der Waals surface area contributed by atoms with Gasteiger partial charge < -0.3 is 9.55 Å². The second-order valence-electron chi connectivity index (χ2n) is 6.91. The van der Waals surface area contributed by atoms with E-state index in [1.165, 1.54) is 33.7 Å². The van der Waals surface area contributed by atoms with Gasteiger partial charge in [-0.25, -0.2) is 4.39 Å². The molecule has 128 valence electrons. The molecular weight excluding hydrogens is 335 g/mol. The highest BCUT2D eigenvalue weighted by Gasteiger charge is 2.14. The third kappa shape index (κ3) is 1.99. The molecule has 27 heavy (non-hydrogen) atoms. The Morgan fingerprint density at radius 1 is 0.593 bits per heavy atom. The van der Waals surface area contributed by atoms with Gasteiger partial charge in [0.25, 0.3) is 0 Å². The molecule has 0 aliphatic heterocycles. The van der Waals surface area contributed by atoms with E-state index >= 15 is 0 Å². The number of nitrogens with one attached hydrogen (secondary N) is 1. The normalized spacial score (nSPS) is 11.9. The average molecular weight is 350 g/mol. The van der Waals surface area contributed by atoms with Crippen LogP contribution in [0.5, 0.6) is 0 Å². The van der Waals surface area contributed by atoms with Gasteiger partial charge in [0.1, 0.15) is 5.82 Å². The summed E-state index contributed by atoms with van der Waals surface area (Å²) in [7, 11) is 0. The monoisotopic (exact) mass is 350 g/mol. The van der Waals surface area contributed by atoms with Gasteiger partial charge >= 0.3 is 0 Å². The minimum atomic E-state index is -0.225. The number of benzene rings is 4. The molecule has 0 saturated heterocycles. The highest BCUT2D eigenvalue weighted by Crippen LogP contribution is 2.36. The summed E-state index contributed by atoms with van der Waals surface area (Å²) in [6.45, 7) is 0. The summed E-state index contributed by atoms with van der Waals surface area (Å²) >= 11 is 0. The number of hydrogen-bond donors (Lipinski definition) is 1. The van der Waals surface area contributed by atoms with Crippen LogP contribution in [0.4, 0.5) is 4.39 Å². The summed E-state index contributed by atoms with van der Waals surface area (Å²) in [4.78, 5) is 3.53. The maximum Gasteiger partial charge on any atom is 0.123 e. The molecule has 4 aromatic carbocycles. The number of hydrogen-bond acceptors (Lipinski definition) is 0. The van der Waals surface area contributed by atoms with Gasteiger partial charge in [0.2, 0.25) is 0 Å². The van der Waals surface area contributed by atoms with E-state index in [4.69, 9.17) is 0 Å². The molecular formula is C24H15FN2. The van der Waals surface area contributed by atoms with E-state index in [1.54, 1.807) is 0 Å². The zero-order valence-electron chi connectivity index (χ0n) is 14.4. The fourth-order valence-corrected chi connectivity index (χ4v) is 4.18. The molecule has 6 aromatic rings. The molecule has 0 amide bonds. The van der Waals surface area contributed by atoms with Crippen molar-refractivity contribution >= 4 is 43.6 Å². The van der Waals surface area contributed by atoms with E-state index in [9.17, 15) is 4.39 Å². The van der Waals surface area contributed by atoms with Gasteiger partial charge in [-0.15, -0.1) is 0 Å². The third-order valence-corrected chi connectivity index (χ3v) is 5.38. The molecule has 2 nitrogen and oxygen atoms in total. The lowest BCUT2D eigenvalue weighted by Crippen LogP contribution is -1.93. The molecule has 6 rings (SSSR count). The molecule has 0 atom stereocenters. The Kier molecular flexibility index (Phi) is 2.81. The van der Waals surface area contributed by atoms with Crippen molar-refractivity contribution in [2.24, 2.45) is 0 Å². The summed E-state index contributed by atoms with van der Waals surface area (Å²) in [5, 5.41) is 4.85. The number of aromatic amines is 1. The van der Waals surface area contributed by atoms with Gasteiger partial charge in [-0.1, -0.05) is 36.4 Å². The standard InChI is InChI=1S/C24H15FN2/c25-15-9-11-16(12-10-15)27-23-8-4-2-6-18(23)20-13-19-17-5-1-3-7-21(17)26-22(19)14-24(20)27/h1-14,26H.